The number of nitrogens with zero attached hydrogens (tertiary/aromatic N) is 1. The zero-order chi connectivity index (χ0) is 18.4. The van der Waals surface area contributed by atoms with Crippen LogP contribution in [0.4, 0.5) is 0 Å². The van der Waals surface area contributed by atoms with Crippen LogP contribution < -0.4 is 9.64 Å². The molecule has 1 unspecified atom stereocenters. The highest BCUT2D eigenvalue weighted by Gasteiger charge is 2.37. The van der Waals surface area contributed by atoms with Crippen LogP contribution in [0.5, 0.6) is 5.75 Å². The summed E-state index contributed by atoms with van der Waals surface area (Å²) in [5.74, 6) is 0.634. The number of methoxy groups -OCH3 is 1. The van der Waals surface area contributed by atoms with Gasteiger partial charge in [-0.15, -0.1) is 0 Å². The van der Waals surface area contributed by atoms with Gasteiger partial charge < -0.3 is 14.4 Å². The highest BCUT2D eigenvalue weighted by atomic mass is 16.5. The van der Waals surface area contributed by atoms with Crippen molar-refractivity contribution in [2.75, 3.05) is 26.8 Å². The fourth-order valence-corrected chi connectivity index (χ4v) is 4.24. The van der Waals surface area contributed by atoms with Gasteiger partial charge in [0, 0.05) is 5.92 Å². The van der Waals surface area contributed by atoms with E-state index >= 15 is 0 Å². The Morgan fingerprint density at radius 1 is 1.23 bits per heavy atom. The molecule has 0 radical (unpaired) electrons. The number of nitrogens with one attached hydrogen (secondary N) is 1. The lowest BCUT2D eigenvalue weighted by Crippen LogP contribution is -3.18. The smallest absolute Gasteiger partial charge is 0.348 e. The number of piperidine rings is 2. The highest BCUT2D eigenvalue weighted by molar-refractivity contribution is 5.97. The lowest BCUT2D eigenvalue weighted by atomic mass is 9.84. The van der Waals surface area contributed by atoms with E-state index in [0.717, 1.165) is 17.7 Å². The molecule has 2 aliphatic rings. The zero-order valence-corrected chi connectivity index (χ0v) is 15.4. The maximum absolute atomic E-state index is 12.4. The molecule has 5 heteroatoms. The first kappa shape index (κ1) is 18.5. The second kappa shape index (κ2) is 8.86. The molecular weight excluding hydrogens is 328 g/mol. The van der Waals surface area contributed by atoms with Crippen molar-refractivity contribution in [2.24, 2.45) is 5.92 Å². The number of esters is 1. The van der Waals surface area contributed by atoms with E-state index in [1.165, 1.54) is 38.8 Å². The topological polar surface area (TPSA) is 63.8 Å². The summed E-state index contributed by atoms with van der Waals surface area (Å²) in [7, 11) is 1.60. The summed E-state index contributed by atoms with van der Waals surface area (Å²) in [5.41, 5.74) is 0.818. The molecule has 1 N–H and O–H groups in total. The average molecular weight is 355 g/mol. The second-order valence-electron chi connectivity index (χ2n) is 7.20. The van der Waals surface area contributed by atoms with Gasteiger partial charge in [0.25, 0.3) is 0 Å². The molecule has 5 nitrogen and oxygen atoms in total. The molecule has 0 spiro atoms. The quantitative estimate of drug-likeness (QED) is 0.498. The number of nitriles is 1. The molecule has 2 aliphatic heterocycles. The summed E-state index contributed by atoms with van der Waals surface area (Å²) in [6.07, 6.45) is 7.69. The third kappa shape index (κ3) is 4.44. The number of rotatable bonds is 5. The van der Waals surface area contributed by atoms with Gasteiger partial charge in [0.2, 0.25) is 0 Å². The minimum Gasteiger partial charge on any atom is -0.497 e. The number of carbonyl (C=O) groups excluding carboxylic acids is 1. The third-order valence-corrected chi connectivity index (χ3v) is 5.62. The first-order valence-electron chi connectivity index (χ1n) is 9.49. The molecule has 0 aromatic heterocycles. The summed E-state index contributed by atoms with van der Waals surface area (Å²) in [6, 6.07) is 9.81. The molecule has 0 amide bonds. The van der Waals surface area contributed by atoms with Crippen molar-refractivity contribution in [3.05, 3.63) is 35.4 Å². The maximum atomic E-state index is 12.4. The summed E-state index contributed by atoms with van der Waals surface area (Å²) in [5, 5.41) is 9.33. The van der Waals surface area contributed by atoms with Crippen LogP contribution in [0.1, 0.15) is 37.7 Å². The van der Waals surface area contributed by atoms with Gasteiger partial charge in [-0.25, -0.2) is 4.79 Å². The van der Waals surface area contributed by atoms with Gasteiger partial charge in [0.1, 0.15) is 24.0 Å². The summed E-state index contributed by atoms with van der Waals surface area (Å²) in [6.45, 7) is 2.92. The highest BCUT2D eigenvalue weighted by Crippen LogP contribution is 2.21. The van der Waals surface area contributed by atoms with E-state index in [0.29, 0.717) is 18.6 Å². The van der Waals surface area contributed by atoms with Crippen molar-refractivity contribution in [3.63, 3.8) is 0 Å². The van der Waals surface area contributed by atoms with E-state index in [1.807, 2.05) is 18.2 Å². The van der Waals surface area contributed by atoms with Gasteiger partial charge >= 0.3 is 5.97 Å². The van der Waals surface area contributed by atoms with E-state index in [4.69, 9.17) is 9.47 Å². The third-order valence-electron chi connectivity index (χ3n) is 5.62. The van der Waals surface area contributed by atoms with Crippen LogP contribution in [0.15, 0.2) is 29.8 Å². The van der Waals surface area contributed by atoms with E-state index < -0.39 is 5.97 Å². The number of quaternary nitrogens is 1. The number of hydrogen-bond donors (Lipinski definition) is 1. The van der Waals surface area contributed by atoms with Crippen molar-refractivity contribution in [1.82, 2.24) is 0 Å². The van der Waals surface area contributed by atoms with Gasteiger partial charge in [0.15, 0.2) is 0 Å². The van der Waals surface area contributed by atoms with Crippen LogP contribution in [-0.2, 0) is 9.53 Å². The Balaban J connectivity index is 1.60. The fraction of sp³-hybridized carbons (Fsp3) is 0.524. The van der Waals surface area contributed by atoms with Crippen molar-refractivity contribution in [3.8, 4) is 11.8 Å². The largest absolute Gasteiger partial charge is 0.497 e. The number of ether oxygens (including phenoxy) is 2. The first-order chi connectivity index (χ1) is 12.7. The Morgan fingerprint density at radius 3 is 2.73 bits per heavy atom. The molecule has 0 bridgehead atoms. The van der Waals surface area contributed by atoms with Crippen LogP contribution in [0.25, 0.3) is 6.08 Å². The molecule has 0 saturated carbocycles. The molecule has 0 aliphatic carbocycles. The van der Waals surface area contributed by atoms with Gasteiger partial charge in [-0.1, -0.05) is 12.1 Å². The van der Waals surface area contributed by atoms with E-state index in [9.17, 15) is 10.1 Å². The SMILES string of the molecule is COc1ccc(/C=C(/C#N)C(=O)OC[C@H]2CCC[NH+]3CCCC[C@H]23)cc1. The fourth-order valence-electron chi connectivity index (χ4n) is 4.24. The number of benzene rings is 1. The summed E-state index contributed by atoms with van der Waals surface area (Å²) < 4.78 is 10.7. The van der Waals surface area contributed by atoms with E-state index in [1.54, 1.807) is 30.2 Å². The van der Waals surface area contributed by atoms with Crippen LogP contribution in [0.3, 0.4) is 0 Å². The summed E-state index contributed by atoms with van der Waals surface area (Å²) in [4.78, 5) is 14.0. The average Bonchev–Trinajstić information content (AvgIpc) is 2.70. The van der Waals surface area contributed by atoms with E-state index in [2.05, 4.69) is 0 Å². The predicted molar refractivity (Wildman–Crippen MR) is 98.6 cm³/mol. The Kier molecular flexibility index (Phi) is 6.30. The minimum atomic E-state index is -0.522. The molecule has 2 saturated heterocycles. The number of fused-ring (bicyclic) bond motifs is 1. The van der Waals surface area contributed by atoms with Crippen molar-refractivity contribution >= 4 is 12.0 Å². The van der Waals surface area contributed by atoms with Gasteiger partial charge in [0.05, 0.1) is 26.2 Å². The monoisotopic (exact) mass is 355 g/mol. The molecule has 26 heavy (non-hydrogen) atoms. The van der Waals surface area contributed by atoms with Gasteiger partial charge in [-0.2, -0.15) is 5.26 Å². The standard InChI is InChI=1S/C21H26N2O3/c1-25-19-9-7-16(8-10-19)13-18(14-22)21(24)26-15-17-5-4-12-23-11-3-2-6-20(17)23/h7-10,13,17,20H,2-6,11-12,15H2,1H3/p+1/b18-13-/t17-,20-/m1/s1. The molecule has 138 valence electrons. The number of carbonyl (C=O) groups is 1. The maximum Gasteiger partial charge on any atom is 0.348 e. The van der Waals surface area contributed by atoms with Crippen molar-refractivity contribution in [1.29, 1.82) is 5.26 Å². The van der Waals surface area contributed by atoms with Crippen LogP contribution in [-0.4, -0.2) is 38.8 Å². The Morgan fingerprint density at radius 2 is 2.00 bits per heavy atom. The van der Waals surface area contributed by atoms with Gasteiger partial charge in [-0.3, -0.25) is 0 Å². The molecule has 1 aromatic carbocycles. The summed E-state index contributed by atoms with van der Waals surface area (Å²) >= 11 is 0. The Bertz CT molecular complexity index is 688. The lowest BCUT2D eigenvalue weighted by molar-refractivity contribution is -0.940. The second-order valence-corrected chi connectivity index (χ2v) is 7.20. The molecule has 1 aromatic rings. The number of hydrogen-bond acceptors (Lipinski definition) is 4. The zero-order valence-electron chi connectivity index (χ0n) is 15.4. The van der Waals surface area contributed by atoms with Crippen LogP contribution >= 0.6 is 0 Å². The van der Waals surface area contributed by atoms with E-state index in [-0.39, 0.29) is 5.57 Å². The van der Waals surface area contributed by atoms with Crippen molar-refractivity contribution < 1.29 is 19.2 Å². The Hall–Kier alpha value is -2.32. The normalized spacial score (nSPS) is 25.7. The Labute approximate surface area is 155 Å². The molecule has 2 heterocycles. The van der Waals surface area contributed by atoms with Crippen LogP contribution in [0.2, 0.25) is 0 Å². The first-order valence-corrected chi connectivity index (χ1v) is 9.49. The molecular formula is C21H27N2O3+. The molecule has 3 atom stereocenters. The lowest BCUT2D eigenvalue weighted by Gasteiger charge is -2.40. The van der Waals surface area contributed by atoms with Crippen molar-refractivity contribution in [2.45, 2.75) is 38.1 Å². The molecule has 2 fully saturated rings. The van der Waals surface area contributed by atoms with Crippen LogP contribution in [0, 0.1) is 17.2 Å². The minimum absolute atomic E-state index is 0.0406. The van der Waals surface area contributed by atoms with Gasteiger partial charge in [-0.05, 0) is 55.9 Å². The predicted octanol–water partition coefficient (Wildman–Crippen LogP) is 1.99. The molecule has 3 rings (SSSR count).